The molecule has 0 amide bonds. The van der Waals surface area contributed by atoms with Crippen molar-refractivity contribution >= 4 is 23.5 Å². The Hall–Kier alpha value is -3.04. The van der Waals surface area contributed by atoms with Crippen LogP contribution < -0.4 is 9.47 Å². The van der Waals surface area contributed by atoms with E-state index in [2.05, 4.69) is 0 Å². The minimum absolute atomic E-state index is 0.0879. The first kappa shape index (κ1) is 18.7. The number of hydrogen-bond acceptors (Lipinski definition) is 3. The van der Waals surface area contributed by atoms with E-state index in [-0.39, 0.29) is 5.78 Å². The van der Waals surface area contributed by atoms with Gasteiger partial charge in [-0.25, -0.2) is 0 Å². The van der Waals surface area contributed by atoms with Crippen LogP contribution in [0.3, 0.4) is 0 Å². The Morgan fingerprint density at radius 2 is 1.70 bits per heavy atom. The summed E-state index contributed by atoms with van der Waals surface area (Å²) >= 11 is 5.85. The largest absolute Gasteiger partial charge is 0.493 e. The third kappa shape index (κ3) is 5.22. The van der Waals surface area contributed by atoms with Gasteiger partial charge in [0.2, 0.25) is 0 Å². The molecule has 0 aliphatic carbocycles. The molecule has 3 nitrogen and oxygen atoms in total. The maximum atomic E-state index is 12.2. The van der Waals surface area contributed by atoms with Crippen LogP contribution in [0.25, 0.3) is 6.08 Å². The van der Waals surface area contributed by atoms with Gasteiger partial charge in [-0.05, 0) is 53.6 Å². The number of hydrogen-bond donors (Lipinski definition) is 0. The number of ketones is 1. The summed E-state index contributed by atoms with van der Waals surface area (Å²) in [5.74, 6) is 1.18. The molecule has 3 aromatic carbocycles. The second-order valence-corrected chi connectivity index (χ2v) is 6.33. The van der Waals surface area contributed by atoms with Gasteiger partial charge >= 0.3 is 0 Å². The molecule has 0 radical (unpaired) electrons. The fourth-order valence-electron chi connectivity index (χ4n) is 2.52. The molecule has 0 spiro atoms. The highest BCUT2D eigenvalue weighted by Crippen LogP contribution is 2.29. The van der Waals surface area contributed by atoms with E-state index in [4.69, 9.17) is 21.1 Å². The molecule has 0 aliphatic heterocycles. The number of allylic oxidation sites excluding steroid dienone is 1. The number of rotatable bonds is 7. The van der Waals surface area contributed by atoms with E-state index in [1.807, 2.05) is 48.5 Å². The molecule has 27 heavy (non-hydrogen) atoms. The first-order valence-electron chi connectivity index (χ1n) is 8.48. The van der Waals surface area contributed by atoms with E-state index in [1.165, 1.54) is 6.08 Å². The van der Waals surface area contributed by atoms with Crippen molar-refractivity contribution in [3.8, 4) is 11.5 Å². The molecule has 0 fully saturated rings. The van der Waals surface area contributed by atoms with Gasteiger partial charge < -0.3 is 9.47 Å². The predicted octanol–water partition coefficient (Wildman–Crippen LogP) is 5.82. The molecule has 136 valence electrons. The van der Waals surface area contributed by atoms with Gasteiger partial charge in [0.1, 0.15) is 6.61 Å². The van der Waals surface area contributed by atoms with Crippen LogP contribution in [0.2, 0.25) is 5.02 Å². The number of carbonyl (C=O) groups is 1. The van der Waals surface area contributed by atoms with E-state index in [1.54, 1.807) is 37.5 Å². The molecular weight excluding hydrogens is 360 g/mol. The van der Waals surface area contributed by atoms with Crippen LogP contribution in [-0.4, -0.2) is 12.9 Å². The van der Waals surface area contributed by atoms with Gasteiger partial charge in [-0.3, -0.25) is 4.79 Å². The average Bonchev–Trinajstić information content (AvgIpc) is 2.72. The third-order valence-electron chi connectivity index (χ3n) is 3.98. The lowest BCUT2D eigenvalue weighted by Crippen LogP contribution is -1.98. The van der Waals surface area contributed by atoms with Crippen LogP contribution >= 0.6 is 11.6 Å². The summed E-state index contributed by atoms with van der Waals surface area (Å²) in [6, 6.07) is 22.3. The molecular formula is C23H19ClO3. The molecule has 0 unspecified atom stereocenters. The van der Waals surface area contributed by atoms with Crippen molar-refractivity contribution in [2.75, 3.05) is 7.11 Å². The summed E-state index contributed by atoms with van der Waals surface area (Å²) in [6.45, 7) is 0.460. The van der Waals surface area contributed by atoms with E-state index < -0.39 is 0 Å². The van der Waals surface area contributed by atoms with Crippen LogP contribution in [0.15, 0.2) is 78.9 Å². The zero-order chi connectivity index (χ0) is 19.1. The van der Waals surface area contributed by atoms with E-state index in [0.717, 1.165) is 11.1 Å². The Balaban J connectivity index is 1.69. The molecule has 0 aromatic heterocycles. The van der Waals surface area contributed by atoms with E-state index in [9.17, 15) is 4.79 Å². The highest BCUT2D eigenvalue weighted by Gasteiger charge is 2.06. The van der Waals surface area contributed by atoms with Gasteiger partial charge in [0.15, 0.2) is 17.3 Å². The normalized spacial score (nSPS) is 10.7. The van der Waals surface area contributed by atoms with Gasteiger partial charge in [-0.2, -0.15) is 0 Å². The zero-order valence-corrected chi connectivity index (χ0v) is 15.6. The summed E-state index contributed by atoms with van der Waals surface area (Å²) in [6.07, 6.45) is 3.28. The Morgan fingerprint density at radius 1 is 0.963 bits per heavy atom. The van der Waals surface area contributed by atoms with Crippen molar-refractivity contribution in [3.05, 3.63) is 101 Å². The molecule has 0 saturated heterocycles. The molecule has 0 bridgehead atoms. The fraction of sp³-hybridized carbons (Fsp3) is 0.0870. The van der Waals surface area contributed by atoms with Crippen molar-refractivity contribution in [1.29, 1.82) is 0 Å². The van der Waals surface area contributed by atoms with Crippen molar-refractivity contribution < 1.29 is 14.3 Å². The Bertz CT molecular complexity index is 932. The standard InChI is InChI=1S/C23H19ClO3/c1-26-23-15-17(7-13-21(25)19-9-11-20(24)12-10-19)8-14-22(23)27-16-18-5-3-2-4-6-18/h2-15H,16H2,1H3/b13-7+. The minimum Gasteiger partial charge on any atom is -0.493 e. The van der Waals surface area contributed by atoms with Crippen LogP contribution in [-0.2, 0) is 6.61 Å². The van der Waals surface area contributed by atoms with Gasteiger partial charge in [0.25, 0.3) is 0 Å². The lowest BCUT2D eigenvalue weighted by molar-refractivity contribution is 0.104. The second kappa shape index (κ2) is 9.06. The summed E-state index contributed by atoms with van der Waals surface area (Å²) in [4.78, 5) is 12.2. The molecule has 0 atom stereocenters. The Kier molecular flexibility index (Phi) is 6.29. The number of benzene rings is 3. The molecule has 0 N–H and O–H groups in total. The smallest absolute Gasteiger partial charge is 0.185 e. The summed E-state index contributed by atoms with van der Waals surface area (Å²) in [5, 5.41) is 0.603. The van der Waals surface area contributed by atoms with Crippen LogP contribution in [0.4, 0.5) is 0 Å². The van der Waals surface area contributed by atoms with Crippen molar-refractivity contribution in [3.63, 3.8) is 0 Å². The highest BCUT2D eigenvalue weighted by atomic mass is 35.5. The molecule has 0 heterocycles. The topological polar surface area (TPSA) is 35.5 Å². The monoisotopic (exact) mass is 378 g/mol. The number of ether oxygens (including phenoxy) is 2. The maximum absolute atomic E-state index is 12.2. The minimum atomic E-state index is -0.0879. The lowest BCUT2D eigenvalue weighted by atomic mass is 10.1. The zero-order valence-electron chi connectivity index (χ0n) is 14.9. The van der Waals surface area contributed by atoms with E-state index in [0.29, 0.717) is 28.7 Å². The quantitative estimate of drug-likeness (QED) is 0.383. The Morgan fingerprint density at radius 3 is 2.41 bits per heavy atom. The van der Waals surface area contributed by atoms with Gasteiger partial charge in [-0.1, -0.05) is 54.1 Å². The van der Waals surface area contributed by atoms with Gasteiger partial charge in [-0.15, -0.1) is 0 Å². The first-order chi connectivity index (χ1) is 13.2. The van der Waals surface area contributed by atoms with Crippen molar-refractivity contribution in [2.24, 2.45) is 0 Å². The van der Waals surface area contributed by atoms with Crippen molar-refractivity contribution in [2.45, 2.75) is 6.61 Å². The fourth-order valence-corrected chi connectivity index (χ4v) is 2.65. The van der Waals surface area contributed by atoms with Crippen LogP contribution in [0, 0.1) is 0 Å². The molecule has 4 heteroatoms. The summed E-state index contributed by atoms with van der Waals surface area (Å²) < 4.78 is 11.3. The summed E-state index contributed by atoms with van der Waals surface area (Å²) in [7, 11) is 1.59. The number of methoxy groups -OCH3 is 1. The van der Waals surface area contributed by atoms with Gasteiger partial charge in [0, 0.05) is 10.6 Å². The average molecular weight is 379 g/mol. The molecule has 0 saturated carbocycles. The number of halogens is 1. The van der Waals surface area contributed by atoms with E-state index >= 15 is 0 Å². The first-order valence-corrected chi connectivity index (χ1v) is 8.86. The molecule has 3 rings (SSSR count). The van der Waals surface area contributed by atoms with Gasteiger partial charge in [0.05, 0.1) is 7.11 Å². The second-order valence-electron chi connectivity index (χ2n) is 5.89. The predicted molar refractivity (Wildman–Crippen MR) is 109 cm³/mol. The van der Waals surface area contributed by atoms with Crippen LogP contribution in [0.1, 0.15) is 21.5 Å². The summed E-state index contributed by atoms with van der Waals surface area (Å²) in [5.41, 5.74) is 2.52. The lowest BCUT2D eigenvalue weighted by Gasteiger charge is -2.11. The number of carbonyl (C=O) groups excluding carboxylic acids is 1. The van der Waals surface area contributed by atoms with Crippen LogP contribution in [0.5, 0.6) is 11.5 Å². The Labute approximate surface area is 163 Å². The highest BCUT2D eigenvalue weighted by molar-refractivity contribution is 6.30. The maximum Gasteiger partial charge on any atom is 0.185 e. The molecule has 0 aliphatic rings. The van der Waals surface area contributed by atoms with Crippen molar-refractivity contribution in [1.82, 2.24) is 0 Å². The SMILES string of the molecule is COc1cc(/C=C/C(=O)c2ccc(Cl)cc2)ccc1OCc1ccccc1. The third-order valence-corrected chi connectivity index (χ3v) is 4.23. The molecule has 3 aromatic rings.